The number of benzene rings is 2. The predicted octanol–water partition coefficient (Wildman–Crippen LogP) is 2.21. The molecule has 0 radical (unpaired) electrons. The molecule has 0 aliphatic rings. The first kappa shape index (κ1) is 14.9. The Morgan fingerprint density at radius 3 is 2.43 bits per heavy atom. The highest BCUT2D eigenvalue weighted by Gasteiger charge is 2.13. The van der Waals surface area contributed by atoms with Crippen molar-refractivity contribution in [3.05, 3.63) is 76.0 Å². The largest absolute Gasteiger partial charge is 0.480 e. The summed E-state index contributed by atoms with van der Waals surface area (Å²) < 4.78 is 14.8. The minimum atomic E-state index is -1.16. The molecule has 5 nitrogen and oxygen atoms in total. The number of aliphatic carboxylic acids is 1. The quantitative estimate of drug-likeness (QED) is 0.801. The molecule has 3 rings (SSSR count). The van der Waals surface area contributed by atoms with Crippen molar-refractivity contribution in [2.75, 3.05) is 0 Å². The zero-order valence-corrected chi connectivity index (χ0v) is 12.1. The molecule has 0 aliphatic heterocycles. The molecule has 23 heavy (non-hydrogen) atoms. The van der Waals surface area contributed by atoms with Crippen LogP contribution in [0.15, 0.2) is 53.3 Å². The minimum absolute atomic E-state index is 0.174. The van der Waals surface area contributed by atoms with E-state index in [1.54, 1.807) is 42.5 Å². The summed E-state index contributed by atoms with van der Waals surface area (Å²) in [5, 5.41) is 14.0. The fraction of sp³-hybridized carbons (Fsp3) is 0.118. The average molecular weight is 312 g/mol. The zero-order chi connectivity index (χ0) is 16.4. The second kappa shape index (κ2) is 6.00. The number of hydrogen-bond acceptors (Lipinski definition) is 3. The molecule has 2 aromatic carbocycles. The molecule has 0 atom stereocenters. The van der Waals surface area contributed by atoms with Crippen LogP contribution < -0.4 is 5.56 Å². The molecule has 0 aliphatic carbocycles. The van der Waals surface area contributed by atoms with E-state index in [4.69, 9.17) is 5.11 Å². The van der Waals surface area contributed by atoms with Crippen LogP contribution in [0, 0.1) is 5.82 Å². The van der Waals surface area contributed by atoms with E-state index in [9.17, 15) is 14.0 Å². The monoisotopic (exact) mass is 312 g/mol. The number of aromatic nitrogens is 2. The van der Waals surface area contributed by atoms with Crippen molar-refractivity contribution in [1.82, 2.24) is 9.78 Å². The van der Waals surface area contributed by atoms with E-state index in [1.165, 1.54) is 6.07 Å². The van der Waals surface area contributed by atoms with Crippen LogP contribution >= 0.6 is 0 Å². The Balaban J connectivity index is 2.19. The number of carboxylic acid groups (broad SMARTS) is 1. The molecular weight excluding hydrogens is 299 g/mol. The third-order valence-corrected chi connectivity index (χ3v) is 3.54. The minimum Gasteiger partial charge on any atom is -0.480 e. The van der Waals surface area contributed by atoms with Crippen LogP contribution in [0.5, 0.6) is 0 Å². The third-order valence-electron chi connectivity index (χ3n) is 3.54. The highest BCUT2D eigenvalue weighted by Crippen LogP contribution is 2.18. The highest BCUT2D eigenvalue weighted by atomic mass is 19.1. The Kier molecular flexibility index (Phi) is 3.89. The van der Waals surface area contributed by atoms with Gasteiger partial charge in [0, 0.05) is 11.8 Å². The van der Waals surface area contributed by atoms with Gasteiger partial charge in [-0.2, -0.15) is 5.10 Å². The van der Waals surface area contributed by atoms with Crippen molar-refractivity contribution in [2.45, 2.75) is 13.0 Å². The summed E-state index contributed by atoms with van der Waals surface area (Å²) in [5.41, 5.74) is 0.428. The first-order valence-electron chi connectivity index (χ1n) is 7.00. The second-order valence-corrected chi connectivity index (χ2v) is 5.12. The van der Waals surface area contributed by atoms with Crippen molar-refractivity contribution >= 4 is 16.7 Å². The van der Waals surface area contributed by atoms with E-state index in [2.05, 4.69) is 5.10 Å². The number of rotatable bonds is 4. The Bertz CT molecular complexity index is 950. The molecular formula is C17H13FN2O3. The Morgan fingerprint density at radius 2 is 1.74 bits per heavy atom. The molecule has 0 unspecified atom stereocenters. The van der Waals surface area contributed by atoms with E-state index in [0.29, 0.717) is 22.0 Å². The van der Waals surface area contributed by atoms with E-state index in [1.807, 2.05) is 0 Å². The molecule has 3 aromatic rings. The van der Waals surface area contributed by atoms with Crippen LogP contribution in [-0.2, 0) is 17.8 Å². The number of carbonyl (C=O) groups is 1. The first-order valence-corrected chi connectivity index (χ1v) is 7.00. The van der Waals surface area contributed by atoms with E-state index >= 15 is 0 Å². The van der Waals surface area contributed by atoms with Crippen molar-refractivity contribution < 1.29 is 14.3 Å². The predicted molar refractivity (Wildman–Crippen MR) is 82.8 cm³/mol. The number of carboxylic acids is 1. The Hall–Kier alpha value is -3.02. The second-order valence-electron chi connectivity index (χ2n) is 5.12. The number of nitrogens with zero attached hydrogens (tertiary/aromatic N) is 2. The molecule has 1 N–H and O–H groups in total. The van der Waals surface area contributed by atoms with Gasteiger partial charge in [0.15, 0.2) is 0 Å². The van der Waals surface area contributed by atoms with Gasteiger partial charge in [-0.25, -0.2) is 9.07 Å². The van der Waals surface area contributed by atoms with Gasteiger partial charge in [-0.15, -0.1) is 0 Å². The molecule has 0 saturated heterocycles. The van der Waals surface area contributed by atoms with Gasteiger partial charge in [-0.05, 0) is 17.7 Å². The lowest BCUT2D eigenvalue weighted by Crippen LogP contribution is -2.28. The van der Waals surface area contributed by atoms with Gasteiger partial charge in [0.25, 0.3) is 5.56 Å². The van der Waals surface area contributed by atoms with Gasteiger partial charge in [0.05, 0.1) is 11.1 Å². The molecule has 6 heteroatoms. The maximum atomic E-state index is 13.9. The van der Waals surface area contributed by atoms with E-state index < -0.39 is 18.1 Å². The molecule has 116 valence electrons. The molecule has 1 aromatic heterocycles. The molecule has 1 heterocycles. The molecule has 0 bridgehead atoms. The lowest BCUT2D eigenvalue weighted by molar-refractivity contribution is -0.138. The fourth-order valence-corrected chi connectivity index (χ4v) is 2.49. The summed E-state index contributed by atoms with van der Waals surface area (Å²) in [6.45, 7) is -0.534. The van der Waals surface area contributed by atoms with Gasteiger partial charge in [0.2, 0.25) is 0 Å². The van der Waals surface area contributed by atoms with Gasteiger partial charge >= 0.3 is 5.97 Å². The van der Waals surface area contributed by atoms with Gasteiger partial charge in [-0.1, -0.05) is 36.4 Å². The summed E-state index contributed by atoms with van der Waals surface area (Å²) >= 11 is 0. The fourth-order valence-electron chi connectivity index (χ4n) is 2.49. The van der Waals surface area contributed by atoms with Crippen LogP contribution in [0.3, 0.4) is 0 Å². The average Bonchev–Trinajstić information content (AvgIpc) is 2.53. The highest BCUT2D eigenvalue weighted by molar-refractivity contribution is 5.84. The van der Waals surface area contributed by atoms with E-state index in [-0.39, 0.29) is 12.2 Å². The van der Waals surface area contributed by atoms with Crippen LogP contribution in [-0.4, -0.2) is 20.9 Å². The lowest BCUT2D eigenvalue weighted by Gasteiger charge is -2.10. The normalized spacial score (nSPS) is 10.8. The maximum absolute atomic E-state index is 13.9. The molecule has 0 amide bonds. The van der Waals surface area contributed by atoms with Crippen LogP contribution in [0.1, 0.15) is 11.3 Å². The van der Waals surface area contributed by atoms with Gasteiger partial charge in [0.1, 0.15) is 12.4 Å². The Labute approximate surface area is 130 Å². The summed E-state index contributed by atoms with van der Waals surface area (Å²) in [4.78, 5) is 23.2. The first-order chi connectivity index (χ1) is 11.1. The molecule has 0 fully saturated rings. The summed E-state index contributed by atoms with van der Waals surface area (Å²) in [6, 6.07) is 13.1. The molecule has 0 spiro atoms. The van der Waals surface area contributed by atoms with Crippen molar-refractivity contribution in [3.63, 3.8) is 0 Å². The molecule has 0 saturated carbocycles. The lowest BCUT2D eigenvalue weighted by atomic mass is 10.0. The number of halogens is 1. The zero-order valence-electron chi connectivity index (χ0n) is 12.1. The van der Waals surface area contributed by atoms with Gasteiger partial charge in [-0.3, -0.25) is 9.59 Å². The topological polar surface area (TPSA) is 72.2 Å². The SMILES string of the molecule is O=C(O)Cn1nc(Cc2ccccc2F)c2ccccc2c1=O. The maximum Gasteiger partial charge on any atom is 0.325 e. The summed E-state index contributed by atoms with van der Waals surface area (Å²) in [6.07, 6.45) is 0.174. The smallest absolute Gasteiger partial charge is 0.325 e. The van der Waals surface area contributed by atoms with Crippen LogP contribution in [0.25, 0.3) is 10.8 Å². The van der Waals surface area contributed by atoms with Crippen molar-refractivity contribution in [1.29, 1.82) is 0 Å². The summed E-state index contributed by atoms with van der Waals surface area (Å²) in [5.74, 6) is -1.53. The van der Waals surface area contributed by atoms with E-state index in [0.717, 1.165) is 4.68 Å². The van der Waals surface area contributed by atoms with Crippen LogP contribution in [0.2, 0.25) is 0 Å². The van der Waals surface area contributed by atoms with Crippen molar-refractivity contribution in [3.8, 4) is 0 Å². The third kappa shape index (κ3) is 2.96. The summed E-state index contributed by atoms with van der Waals surface area (Å²) in [7, 11) is 0. The number of fused-ring (bicyclic) bond motifs is 1. The van der Waals surface area contributed by atoms with Crippen LogP contribution in [0.4, 0.5) is 4.39 Å². The Morgan fingerprint density at radius 1 is 1.09 bits per heavy atom. The van der Waals surface area contributed by atoms with Gasteiger partial charge < -0.3 is 5.11 Å². The number of hydrogen-bond donors (Lipinski definition) is 1. The van der Waals surface area contributed by atoms with Crippen molar-refractivity contribution in [2.24, 2.45) is 0 Å². The standard InChI is InChI=1S/C17H13FN2O3/c18-14-8-4-1-5-11(14)9-15-12-6-2-3-7-13(12)17(23)20(19-15)10-16(21)22/h1-8H,9-10H2,(H,21,22).